The molecule has 1 atom stereocenters. The van der Waals surface area contributed by atoms with E-state index in [1.807, 2.05) is 85.8 Å². The minimum atomic E-state index is -0.663. The monoisotopic (exact) mass is 414 g/mol. The minimum Gasteiger partial charge on any atom is -0.466 e. The second kappa shape index (κ2) is 8.75. The van der Waals surface area contributed by atoms with Gasteiger partial charge in [-0.1, -0.05) is 54.6 Å². The van der Waals surface area contributed by atoms with Crippen molar-refractivity contribution in [2.24, 2.45) is 0 Å². The molecule has 0 spiro atoms. The van der Waals surface area contributed by atoms with Crippen molar-refractivity contribution >= 4 is 17.7 Å². The van der Waals surface area contributed by atoms with E-state index in [0.717, 1.165) is 22.4 Å². The second-order valence-corrected chi connectivity index (χ2v) is 7.17. The van der Waals surface area contributed by atoms with Gasteiger partial charge in [0.2, 0.25) is 0 Å². The van der Waals surface area contributed by atoms with Gasteiger partial charge in [-0.3, -0.25) is 0 Å². The number of rotatable bonds is 5. The van der Waals surface area contributed by atoms with Crippen molar-refractivity contribution in [1.82, 2.24) is 10.6 Å². The third-order valence-corrected chi connectivity index (χ3v) is 4.98. The Labute approximate surface area is 180 Å². The van der Waals surface area contributed by atoms with Crippen LogP contribution in [-0.2, 0) is 9.53 Å². The summed E-state index contributed by atoms with van der Waals surface area (Å²) in [6.07, 6.45) is 0. The molecule has 0 aromatic heterocycles. The van der Waals surface area contributed by atoms with Gasteiger partial charge in [0.1, 0.15) is 11.5 Å². The summed E-state index contributed by atoms with van der Waals surface area (Å²) in [4.78, 5) is 25.1. The van der Waals surface area contributed by atoms with Crippen LogP contribution in [0, 0.1) is 6.92 Å². The van der Waals surface area contributed by atoms with E-state index >= 15 is 0 Å². The predicted octanol–water partition coefficient (Wildman–Crippen LogP) is 4.73. The van der Waals surface area contributed by atoms with Crippen LogP contribution in [0.3, 0.4) is 0 Å². The molecular weight excluding hydrogens is 392 g/mol. The fraction of sp³-hybridized carbons (Fsp3) is 0.120. The summed E-state index contributed by atoms with van der Waals surface area (Å²) in [7, 11) is 1.32. The molecule has 156 valence electrons. The van der Waals surface area contributed by atoms with Gasteiger partial charge in [-0.05, 0) is 47.9 Å². The van der Waals surface area contributed by atoms with E-state index in [4.69, 9.17) is 9.47 Å². The first kappa shape index (κ1) is 20.2. The zero-order valence-corrected chi connectivity index (χ0v) is 17.2. The Morgan fingerprint density at radius 1 is 0.903 bits per heavy atom. The van der Waals surface area contributed by atoms with Gasteiger partial charge in [0.25, 0.3) is 0 Å². The topological polar surface area (TPSA) is 76.7 Å². The standard InChI is InChI=1S/C25H22N2O4/c1-16-7-6-10-20(15-16)31-19-13-11-18(12-14-19)23-21(24(28)30-2)22(26-25(29)27-23)17-8-4-3-5-9-17/h3-15,23H,1-2H3,(H2,26,27,29). The quantitative estimate of drug-likeness (QED) is 0.592. The first-order chi connectivity index (χ1) is 15.0. The molecule has 2 amide bonds. The van der Waals surface area contributed by atoms with Crippen molar-refractivity contribution in [2.45, 2.75) is 13.0 Å². The molecule has 4 rings (SSSR count). The van der Waals surface area contributed by atoms with E-state index in [9.17, 15) is 9.59 Å². The van der Waals surface area contributed by atoms with E-state index in [-0.39, 0.29) is 0 Å². The lowest BCUT2D eigenvalue weighted by Gasteiger charge is -2.29. The number of ether oxygens (including phenoxy) is 2. The Balaban J connectivity index is 1.69. The molecule has 0 saturated carbocycles. The smallest absolute Gasteiger partial charge is 0.338 e. The molecule has 0 aliphatic carbocycles. The third-order valence-electron chi connectivity index (χ3n) is 4.98. The minimum absolute atomic E-state index is 0.334. The fourth-order valence-electron chi connectivity index (χ4n) is 3.52. The largest absolute Gasteiger partial charge is 0.466 e. The number of aryl methyl sites for hydroxylation is 1. The fourth-order valence-corrected chi connectivity index (χ4v) is 3.52. The number of hydrogen-bond donors (Lipinski definition) is 2. The third kappa shape index (κ3) is 4.43. The van der Waals surface area contributed by atoms with Gasteiger partial charge in [-0.2, -0.15) is 0 Å². The van der Waals surface area contributed by atoms with Crippen LogP contribution in [0.15, 0.2) is 84.4 Å². The number of esters is 1. The Hall–Kier alpha value is -4.06. The summed E-state index contributed by atoms with van der Waals surface area (Å²) in [5, 5.41) is 5.58. The van der Waals surface area contributed by atoms with Crippen LogP contribution in [0.4, 0.5) is 4.79 Å². The maximum atomic E-state index is 12.7. The molecule has 0 bridgehead atoms. The average Bonchev–Trinajstić information content (AvgIpc) is 2.79. The van der Waals surface area contributed by atoms with Gasteiger partial charge in [0, 0.05) is 0 Å². The molecule has 1 heterocycles. The summed E-state index contributed by atoms with van der Waals surface area (Å²) >= 11 is 0. The Morgan fingerprint density at radius 2 is 1.65 bits per heavy atom. The highest BCUT2D eigenvalue weighted by Crippen LogP contribution is 2.33. The Bertz CT molecular complexity index is 1140. The Kier molecular flexibility index (Phi) is 5.71. The van der Waals surface area contributed by atoms with Crippen LogP contribution in [0.5, 0.6) is 11.5 Å². The van der Waals surface area contributed by atoms with Crippen LogP contribution in [0.2, 0.25) is 0 Å². The number of urea groups is 1. The number of carbonyl (C=O) groups excluding carboxylic acids is 2. The van der Waals surface area contributed by atoms with Crippen molar-refractivity contribution in [3.8, 4) is 11.5 Å². The van der Waals surface area contributed by atoms with Crippen LogP contribution < -0.4 is 15.4 Å². The summed E-state index contributed by atoms with van der Waals surface area (Å²) in [6.45, 7) is 2.00. The lowest BCUT2D eigenvalue weighted by Crippen LogP contribution is -2.45. The van der Waals surface area contributed by atoms with Crippen molar-refractivity contribution in [2.75, 3.05) is 7.11 Å². The van der Waals surface area contributed by atoms with Gasteiger partial charge in [-0.15, -0.1) is 0 Å². The zero-order valence-electron chi connectivity index (χ0n) is 17.2. The molecule has 0 fully saturated rings. The molecular formula is C25H22N2O4. The molecule has 1 aliphatic rings. The maximum absolute atomic E-state index is 12.7. The molecule has 6 heteroatoms. The van der Waals surface area contributed by atoms with E-state index in [1.165, 1.54) is 7.11 Å². The van der Waals surface area contributed by atoms with Gasteiger partial charge in [0.15, 0.2) is 0 Å². The lowest BCUT2D eigenvalue weighted by atomic mass is 9.92. The number of amides is 2. The second-order valence-electron chi connectivity index (χ2n) is 7.17. The summed E-state index contributed by atoms with van der Waals surface area (Å²) in [5.74, 6) is 0.877. The van der Waals surface area contributed by atoms with Crippen LogP contribution in [0.1, 0.15) is 22.7 Å². The molecule has 0 radical (unpaired) electrons. The van der Waals surface area contributed by atoms with Crippen LogP contribution in [-0.4, -0.2) is 19.1 Å². The molecule has 1 unspecified atom stereocenters. The molecule has 3 aromatic carbocycles. The van der Waals surface area contributed by atoms with Crippen molar-refractivity contribution in [3.63, 3.8) is 0 Å². The van der Waals surface area contributed by atoms with Crippen LogP contribution in [0.25, 0.3) is 5.70 Å². The van der Waals surface area contributed by atoms with Crippen molar-refractivity contribution < 1.29 is 19.1 Å². The molecule has 1 aliphatic heterocycles. The number of carbonyl (C=O) groups is 2. The van der Waals surface area contributed by atoms with E-state index in [1.54, 1.807) is 0 Å². The number of hydrogen-bond acceptors (Lipinski definition) is 4. The maximum Gasteiger partial charge on any atom is 0.338 e. The first-order valence-electron chi connectivity index (χ1n) is 9.85. The lowest BCUT2D eigenvalue weighted by molar-refractivity contribution is -0.136. The average molecular weight is 414 g/mol. The zero-order chi connectivity index (χ0) is 21.8. The van der Waals surface area contributed by atoms with Crippen LogP contribution >= 0.6 is 0 Å². The Morgan fingerprint density at radius 3 is 2.32 bits per heavy atom. The number of benzene rings is 3. The van der Waals surface area contributed by atoms with Gasteiger partial charge in [-0.25, -0.2) is 9.59 Å². The first-order valence-corrected chi connectivity index (χ1v) is 9.85. The van der Waals surface area contributed by atoms with Gasteiger partial charge in [0.05, 0.1) is 24.4 Å². The van der Waals surface area contributed by atoms with Crippen molar-refractivity contribution in [3.05, 3.63) is 101 Å². The molecule has 2 N–H and O–H groups in total. The normalized spacial score (nSPS) is 15.7. The van der Waals surface area contributed by atoms with Gasteiger partial charge < -0.3 is 20.1 Å². The highest BCUT2D eigenvalue weighted by molar-refractivity contribution is 6.04. The predicted molar refractivity (Wildman–Crippen MR) is 117 cm³/mol. The van der Waals surface area contributed by atoms with E-state index < -0.39 is 18.0 Å². The molecule has 0 saturated heterocycles. The van der Waals surface area contributed by atoms with Crippen molar-refractivity contribution in [1.29, 1.82) is 0 Å². The number of methoxy groups -OCH3 is 1. The highest BCUT2D eigenvalue weighted by atomic mass is 16.5. The van der Waals surface area contributed by atoms with E-state index in [2.05, 4.69) is 10.6 Å². The molecule has 31 heavy (non-hydrogen) atoms. The SMILES string of the molecule is COC(=O)C1=C(c2ccccc2)NC(=O)NC1c1ccc(Oc2cccc(C)c2)cc1. The summed E-state index contributed by atoms with van der Waals surface area (Å²) in [6, 6.07) is 23.2. The van der Waals surface area contributed by atoms with E-state index in [0.29, 0.717) is 17.0 Å². The summed E-state index contributed by atoms with van der Waals surface area (Å²) < 4.78 is 10.9. The highest BCUT2D eigenvalue weighted by Gasteiger charge is 2.34. The molecule has 6 nitrogen and oxygen atoms in total. The van der Waals surface area contributed by atoms with Gasteiger partial charge >= 0.3 is 12.0 Å². The molecule has 3 aromatic rings. The summed E-state index contributed by atoms with van der Waals surface area (Å²) in [5.41, 5.74) is 3.33. The number of nitrogens with one attached hydrogen (secondary N) is 2.